The van der Waals surface area contributed by atoms with Crippen molar-refractivity contribution < 1.29 is 10.2 Å². The molecular weight excluding hydrogens is 271 g/mol. The van der Waals surface area contributed by atoms with Gasteiger partial charge in [-0.05, 0) is 47.4 Å². The average molecular weight is 283 g/mol. The van der Waals surface area contributed by atoms with Gasteiger partial charge in [0.25, 0.3) is 0 Å². The molecule has 0 amide bonds. The van der Waals surface area contributed by atoms with Gasteiger partial charge in [-0.15, -0.1) is 0 Å². The summed E-state index contributed by atoms with van der Waals surface area (Å²) in [5.41, 5.74) is 2.55. The third kappa shape index (κ3) is 2.40. The minimum Gasteiger partial charge on any atom is -0.508 e. The van der Waals surface area contributed by atoms with Crippen LogP contribution in [0.1, 0.15) is 12.5 Å². The molecule has 18 heavy (non-hydrogen) atoms. The molecule has 2 N–H and O–H groups in total. The van der Waals surface area contributed by atoms with Crippen molar-refractivity contribution >= 4 is 23.2 Å². The van der Waals surface area contributed by atoms with E-state index in [0.29, 0.717) is 0 Å². The maximum atomic E-state index is 9.64. The van der Waals surface area contributed by atoms with Crippen LogP contribution in [0.15, 0.2) is 30.3 Å². The van der Waals surface area contributed by atoms with Crippen LogP contribution in [0.25, 0.3) is 11.1 Å². The maximum absolute atomic E-state index is 9.64. The number of hydrogen-bond donors (Lipinski definition) is 2. The molecule has 2 aromatic rings. The summed E-state index contributed by atoms with van der Waals surface area (Å²) in [6.45, 7) is 1.97. The number of benzene rings is 2. The van der Waals surface area contributed by atoms with Gasteiger partial charge in [-0.1, -0.05) is 36.2 Å². The Labute approximate surface area is 115 Å². The first-order valence-electron chi connectivity index (χ1n) is 5.53. The van der Waals surface area contributed by atoms with Gasteiger partial charge in [0.15, 0.2) is 5.75 Å². The Bertz CT molecular complexity index is 571. The third-order valence-electron chi connectivity index (χ3n) is 2.81. The van der Waals surface area contributed by atoms with Crippen molar-refractivity contribution in [1.82, 2.24) is 0 Å². The van der Waals surface area contributed by atoms with Crippen LogP contribution < -0.4 is 0 Å². The highest BCUT2D eigenvalue weighted by Crippen LogP contribution is 2.37. The molecule has 4 heteroatoms. The van der Waals surface area contributed by atoms with Gasteiger partial charge in [0.2, 0.25) is 0 Å². The smallest absolute Gasteiger partial charge is 0.152 e. The SMILES string of the molecule is CCc1cc(-c2cc(Cl)c(O)c(Cl)c2)ccc1O. The number of aryl methyl sites for hydroxylation is 1. The molecule has 0 saturated carbocycles. The molecule has 2 rings (SSSR count). The van der Waals surface area contributed by atoms with E-state index in [-0.39, 0.29) is 21.5 Å². The second-order valence-electron chi connectivity index (χ2n) is 3.99. The van der Waals surface area contributed by atoms with Gasteiger partial charge in [-0.3, -0.25) is 0 Å². The summed E-state index contributed by atoms with van der Waals surface area (Å²) in [5.74, 6) is 0.161. The van der Waals surface area contributed by atoms with Crippen LogP contribution in [0.2, 0.25) is 10.0 Å². The fourth-order valence-electron chi connectivity index (χ4n) is 1.78. The predicted molar refractivity (Wildman–Crippen MR) is 74.6 cm³/mol. The molecule has 0 heterocycles. The van der Waals surface area contributed by atoms with Crippen LogP contribution >= 0.6 is 23.2 Å². The van der Waals surface area contributed by atoms with Gasteiger partial charge in [-0.2, -0.15) is 0 Å². The van der Waals surface area contributed by atoms with E-state index in [1.807, 2.05) is 13.0 Å². The third-order valence-corrected chi connectivity index (χ3v) is 3.39. The van der Waals surface area contributed by atoms with Gasteiger partial charge in [0.1, 0.15) is 5.75 Å². The first-order valence-corrected chi connectivity index (χ1v) is 6.28. The van der Waals surface area contributed by atoms with E-state index in [0.717, 1.165) is 23.1 Å². The van der Waals surface area contributed by atoms with Crippen molar-refractivity contribution in [3.05, 3.63) is 45.9 Å². The molecule has 94 valence electrons. The lowest BCUT2D eigenvalue weighted by molar-refractivity contribution is 0.469. The van der Waals surface area contributed by atoms with Crippen LogP contribution in [0.3, 0.4) is 0 Å². The summed E-state index contributed by atoms with van der Waals surface area (Å²) >= 11 is 11.8. The van der Waals surface area contributed by atoms with E-state index in [1.54, 1.807) is 24.3 Å². The molecule has 0 aliphatic rings. The molecule has 2 aromatic carbocycles. The fourth-order valence-corrected chi connectivity index (χ4v) is 2.27. The number of phenols is 2. The Morgan fingerprint density at radius 2 is 1.56 bits per heavy atom. The lowest BCUT2D eigenvalue weighted by Gasteiger charge is -2.08. The summed E-state index contributed by atoms with van der Waals surface area (Å²) in [6.07, 6.45) is 0.735. The van der Waals surface area contributed by atoms with Crippen molar-refractivity contribution in [3.63, 3.8) is 0 Å². The Morgan fingerprint density at radius 1 is 0.944 bits per heavy atom. The highest BCUT2D eigenvalue weighted by Gasteiger charge is 2.09. The van der Waals surface area contributed by atoms with Crippen LogP contribution in [0.5, 0.6) is 11.5 Å². The lowest BCUT2D eigenvalue weighted by Crippen LogP contribution is -1.85. The average Bonchev–Trinajstić information content (AvgIpc) is 2.36. The quantitative estimate of drug-likeness (QED) is 0.843. The first-order chi connectivity index (χ1) is 8.52. The molecular formula is C14H12Cl2O2. The van der Waals surface area contributed by atoms with Crippen molar-refractivity contribution in [1.29, 1.82) is 0 Å². The second-order valence-corrected chi connectivity index (χ2v) is 4.80. The van der Waals surface area contributed by atoms with E-state index >= 15 is 0 Å². The Kier molecular flexibility index (Phi) is 3.69. The zero-order valence-corrected chi connectivity index (χ0v) is 11.3. The maximum Gasteiger partial charge on any atom is 0.152 e. The van der Waals surface area contributed by atoms with Gasteiger partial charge >= 0.3 is 0 Å². The minimum atomic E-state index is -0.114. The Morgan fingerprint density at radius 3 is 2.11 bits per heavy atom. The van der Waals surface area contributed by atoms with Crippen LogP contribution in [0, 0.1) is 0 Å². The summed E-state index contributed by atoms with van der Waals surface area (Å²) in [7, 11) is 0. The van der Waals surface area contributed by atoms with Gasteiger partial charge in [0.05, 0.1) is 10.0 Å². The van der Waals surface area contributed by atoms with Crippen molar-refractivity contribution in [2.24, 2.45) is 0 Å². The number of hydrogen-bond acceptors (Lipinski definition) is 2. The summed E-state index contributed by atoms with van der Waals surface area (Å²) in [5, 5.41) is 19.6. The molecule has 0 saturated heterocycles. The molecule has 0 aromatic heterocycles. The summed E-state index contributed by atoms with van der Waals surface area (Å²) in [6, 6.07) is 8.61. The highest BCUT2D eigenvalue weighted by atomic mass is 35.5. The number of rotatable bonds is 2. The Balaban J connectivity index is 2.55. The summed E-state index contributed by atoms with van der Waals surface area (Å²) in [4.78, 5) is 0. The zero-order valence-electron chi connectivity index (χ0n) is 9.74. The van der Waals surface area contributed by atoms with Crippen molar-refractivity contribution in [2.75, 3.05) is 0 Å². The fraction of sp³-hybridized carbons (Fsp3) is 0.143. The minimum absolute atomic E-state index is 0.114. The van der Waals surface area contributed by atoms with E-state index in [1.165, 1.54) is 0 Å². The van der Waals surface area contributed by atoms with Gasteiger partial charge in [0, 0.05) is 0 Å². The molecule has 0 aliphatic carbocycles. The first kappa shape index (κ1) is 13.1. The zero-order chi connectivity index (χ0) is 13.3. The standard InChI is InChI=1S/C14H12Cl2O2/c1-2-8-5-9(3-4-13(8)17)10-6-11(15)14(18)12(16)7-10/h3-7,17-18H,2H2,1H3. The van der Waals surface area contributed by atoms with Crippen molar-refractivity contribution in [3.8, 4) is 22.6 Å². The van der Waals surface area contributed by atoms with E-state index in [2.05, 4.69) is 0 Å². The molecule has 0 unspecified atom stereocenters. The molecule has 0 atom stereocenters. The normalized spacial score (nSPS) is 10.6. The van der Waals surface area contributed by atoms with Crippen molar-refractivity contribution in [2.45, 2.75) is 13.3 Å². The van der Waals surface area contributed by atoms with E-state index in [9.17, 15) is 10.2 Å². The number of phenolic OH excluding ortho intramolecular Hbond substituents is 2. The van der Waals surface area contributed by atoms with Gasteiger partial charge in [-0.25, -0.2) is 0 Å². The molecule has 0 fully saturated rings. The largest absolute Gasteiger partial charge is 0.508 e. The molecule has 0 bridgehead atoms. The predicted octanol–water partition coefficient (Wildman–Crippen LogP) is 4.63. The number of halogens is 2. The molecule has 0 aliphatic heterocycles. The lowest BCUT2D eigenvalue weighted by atomic mass is 10.0. The van der Waals surface area contributed by atoms with Crippen LogP contribution in [-0.2, 0) is 6.42 Å². The van der Waals surface area contributed by atoms with E-state index < -0.39 is 0 Å². The summed E-state index contributed by atoms with van der Waals surface area (Å²) < 4.78 is 0. The van der Waals surface area contributed by atoms with Crippen LogP contribution in [0.4, 0.5) is 0 Å². The highest BCUT2D eigenvalue weighted by molar-refractivity contribution is 6.37. The molecule has 2 nitrogen and oxygen atoms in total. The molecule has 0 radical (unpaired) electrons. The molecule has 0 spiro atoms. The van der Waals surface area contributed by atoms with E-state index in [4.69, 9.17) is 23.2 Å². The topological polar surface area (TPSA) is 40.5 Å². The number of aromatic hydroxyl groups is 2. The van der Waals surface area contributed by atoms with Crippen LogP contribution in [-0.4, -0.2) is 10.2 Å². The van der Waals surface area contributed by atoms with Gasteiger partial charge < -0.3 is 10.2 Å². The Hall–Kier alpha value is -1.38. The second kappa shape index (κ2) is 5.09. The monoisotopic (exact) mass is 282 g/mol.